The van der Waals surface area contributed by atoms with Crippen LogP contribution in [0.15, 0.2) is 10.2 Å². The number of thiophene rings is 1. The van der Waals surface area contributed by atoms with Crippen molar-refractivity contribution in [2.45, 2.75) is 26.2 Å². The SMILES string of the molecule is Cc1csc(-c2nc3sc4c(c3c(=O)[nH]2)CCC4)n1. The number of aromatic amines is 1. The number of nitrogens with zero attached hydrogens (tertiary/aromatic N) is 2. The van der Waals surface area contributed by atoms with E-state index in [1.807, 2.05) is 12.3 Å². The van der Waals surface area contributed by atoms with Gasteiger partial charge in [-0.2, -0.15) is 0 Å². The Kier molecular flexibility index (Phi) is 2.37. The van der Waals surface area contributed by atoms with E-state index in [0.29, 0.717) is 5.82 Å². The smallest absolute Gasteiger partial charge is 0.260 e. The van der Waals surface area contributed by atoms with Gasteiger partial charge < -0.3 is 4.98 Å². The number of thiazole rings is 1. The lowest BCUT2D eigenvalue weighted by Gasteiger charge is -1.97. The van der Waals surface area contributed by atoms with Crippen LogP contribution >= 0.6 is 22.7 Å². The summed E-state index contributed by atoms with van der Waals surface area (Å²) < 4.78 is 0. The van der Waals surface area contributed by atoms with Crippen LogP contribution < -0.4 is 5.56 Å². The third kappa shape index (κ3) is 1.67. The average Bonchev–Trinajstić information content (AvgIpc) is 3.02. The van der Waals surface area contributed by atoms with Crippen molar-refractivity contribution >= 4 is 32.9 Å². The van der Waals surface area contributed by atoms with E-state index in [-0.39, 0.29) is 5.56 Å². The normalized spacial score (nSPS) is 14.2. The molecule has 96 valence electrons. The highest BCUT2D eigenvalue weighted by Gasteiger charge is 2.21. The number of nitrogens with one attached hydrogen (secondary N) is 1. The molecule has 0 amide bonds. The molecule has 0 saturated carbocycles. The molecule has 0 atom stereocenters. The number of fused-ring (bicyclic) bond motifs is 3. The molecule has 1 N–H and O–H groups in total. The quantitative estimate of drug-likeness (QED) is 0.749. The summed E-state index contributed by atoms with van der Waals surface area (Å²) in [7, 11) is 0. The highest BCUT2D eigenvalue weighted by molar-refractivity contribution is 7.19. The third-order valence-electron chi connectivity index (χ3n) is 3.40. The Morgan fingerprint density at radius 2 is 2.21 bits per heavy atom. The maximum absolute atomic E-state index is 12.3. The summed E-state index contributed by atoms with van der Waals surface area (Å²) >= 11 is 3.17. The summed E-state index contributed by atoms with van der Waals surface area (Å²) in [6.45, 7) is 1.94. The fourth-order valence-electron chi connectivity index (χ4n) is 2.57. The summed E-state index contributed by atoms with van der Waals surface area (Å²) in [4.78, 5) is 26.3. The van der Waals surface area contributed by atoms with Gasteiger partial charge in [0.15, 0.2) is 10.8 Å². The number of hydrogen-bond acceptors (Lipinski definition) is 5. The van der Waals surface area contributed by atoms with Gasteiger partial charge in [-0.3, -0.25) is 4.79 Å². The predicted molar refractivity (Wildman–Crippen MR) is 78.1 cm³/mol. The van der Waals surface area contributed by atoms with Gasteiger partial charge in [-0.05, 0) is 31.7 Å². The minimum Gasteiger partial charge on any atom is -0.304 e. The number of H-pyrrole nitrogens is 1. The standard InChI is InChI=1S/C13H11N3OS2/c1-6-5-18-13(14-6)10-15-11(17)9-7-3-2-4-8(7)19-12(9)16-10/h5H,2-4H2,1H3,(H,15,16,17). The molecule has 4 nitrogen and oxygen atoms in total. The minimum atomic E-state index is -0.0211. The molecule has 4 rings (SSSR count). The van der Waals surface area contributed by atoms with Crippen molar-refractivity contribution in [1.82, 2.24) is 15.0 Å². The van der Waals surface area contributed by atoms with E-state index < -0.39 is 0 Å². The van der Waals surface area contributed by atoms with Crippen molar-refractivity contribution in [3.63, 3.8) is 0 Å². The van der Waals surface area contributed by atoms with E-state index >= 15 is 0 Å². The Labute approximate surface area is 117 Å². The topological polar surface area (TPSA) is 58.6 Å². The molecule has 6 heteroatoms. The molecule has 0 aromatic carbocycles. The molecule has 0 bridgehead atoms. The molecule has 0 aliphatic heterocycles. The molecule has 0 saturated heterocycles. The summed E-state index contributed by atoms with van der Waals surface area (Å²) in [6, 6.07) is 0. The average molecular weight is 289 g/mol. The van der Waals surface area contributed by atoms with E-state index in [2.05, 4.69) is 15.0 Å². The Hall–Kier alpha value is -1.53. The van der Waals surface area contributed by atoms with Crippen LogP contribution in [0.2, 0.25) is 0 Å². The molecule has 3 aromatic heterocycles. The van der Waals surface area contributed by atoms with Gasteiger partial charge in [-0.1, -0.05) is 0 Å². The van der Waals surface area contributed by atoms with Crippen molar-refractivity contribution in [2.24, 2.45) is 0 Å². The molecule has 1 aliphatic rings. The Bertz CT molecular complexity index is 843. The van der Waals surface area contributed by atoms with Gasteiger partial charge in [-0.25, -0.2) is 9.97 Å². The molecule has 0 fully saturated rings. The van der Waals surface area contributed by atoms with E-state index in [9.17, 15) is 4.79 Å². The molecular formula is C13H11N3OS2. The molecule has 3 heterocycles. The van der Waals surface area contributed by atoms with Crippen LogP contribution in [-0.2, 0) is 12.8 Å². The maximum atomic E-state index is 12.3. The first-order valence-electron chi connectivity index (χ1n) is 6.19. The van der Waals surface area contributed by atoms with Crippen molar-refractivity contribution in [3.8, 4) is 10.8 Å². The van der Waals surface area contributed by atoms with Crippen LogP contribution in [0.4, 0.5) is 0 Å². The summed E-state index contributed by atoms with van der Waals surface area (Å²) in [6.07, 6.45) is 3.25. The molecule has 3 aromatic rings. The number of aromatic nitrogens is 3. The van der Waals surface area contributed by atoms with Gasteiger partial charge >= 0.3 is 0 Å². The lowest BCUT2D eigenvalue weighted by Crippen LogP contribution is -2.09. The first-order valence-corrected chi connectivity index (χ1v) is 7.89. The van der Waals surface area contributed by atoms with Crippen LogP contribution in [0.3, 0.4) is 0 Å². The zero-order chi connectivity index (χ0) is 13.0. The zero-order valence-corrected chi connectivity index (χ0v) is 12.0. The van der Waals surface area contributed by atoms with Gasteiger partial charge in [0.2, 0.25) is 0 Å². The monoisotopic (exact) mass is 289 g/mol. The Morgan fingerprint density at radius 3 is 3.00 bits per heavy atom. The predicted octanol–water partition coefficient (Wildman–Crippen LogP) is 2.91. The molecule has 0 spiro atoms. The van der Waals surface area contributed by atoms with Crippen LogP contribution in [-0.4, -0.2) is 15.0 Å². The molecule has 19 heavy (non-hydrogen) atoms. The van der Waals surface area contributed by atoms with Crippen molar-refractivity contribution in [2.75, 3.05) is 0 Å². The summed E-state index contributed by atoms with van der Waals surface area (Å²) in [5.74, 6) is 0.593. The van der Waals surface area contributed by atoms with E-state index in [0.717, 1.165) is 40.2 Å². The maximum Gasteiger partial charge on any atom is 0.260 e. The van der Waals surface area contributed by atoms with Gasteiger partial charge in [0.05, 0.1) is 5.39 Å². The highest BCUT2D eigenvalue weighted by atomic mass is 32.1. The van der Waals surface area contributed by atoms with Gasteiger partial charge in [0.1, 0.15) is 4.83 Å². The lowest BCUT2D eigenvalue weighted by atomic mass is 10.2. The Balaban J connectivity index is 1.99. The second kappa shape index (κ2) is 3.98. The van der Waals surface area contributed by atoms with Crippen molar-refractivity contribution < 1.29 is 0 Å². The lowest BCUT2D eigenvalue weighted by molar-refractivity contribution is 0.916. The van der Waals surface area contributed by atoms with Crippen LogP contribution in [0.25, 0.3) is 21.0 Å². The second-order valence-electron chi connectivity index (χ2n) is 4.75. The van der Waals surface area contributed by atoms with E-state index in [1.54, 1.807) is 11.3 Å². The molecule has 0 radical (unpaired) electrons. The highest BCUT2D eigenvalue weighted by Crippen LogP contribution is 2.35. The Morgan fingerprint density at radius 1 is 1.32 bits per heavy atom. The van der Waals surface area contributed by atoms with Crippen molar-refractivity contribution in [3.05, 3.63) is 31.9 Å². The summed E-state index contributed by atoms with van der Waals surface area (Å²) in [5.41, 5.74) is 2.15. The first kappa shape index (κ1) is 11.3. The molecule has 0 unspecified atom stereocenters. The van der Waals surface area contributed by atoms with Gasteiger partial charge in [-0.15, -0.1) is 22.7 Å². The minimum absolute atomic E-state index is 0.0211. The largest absolute Gasteiger partial charge is 0.304 e. The number of hydrogen-bond donors (Lipinski definition) is 1. The summed E-state index contributed by atoms with van der Waals surface area (Å²) in [5, 5.41) is 3.55. The van der Waals surface area contributed by atoms with Crippen LogP contribution in [0, 0.1) is 6.92 Å². The first-order chi connectivity index (χ1) is 9.22. The fourth-order valence-corrected chi connectivity index (χ4v) is 4.57. The van der Waals surface area contributed by atoms with Crippen LogP contribution in [0.5, 0.6) is 0 Å². The van der Waals surface area contributed by atoms with Crippen LogP contribution in [0.1, 0.15) is 22.6 Å². The van der Waals surface area contributed by atoms with Gasteiger partial charge in [0, 0.05) is 16.0 Å². The zero-order valence-electron chi connectivity index (χ0n) is 10.3. The third-order valence-corrected chi connectivity index (χ3v) is 5.55. The molecule has 1 aliphatic carbocycles. The molecular weight excluding hydrogens is 278 g/mol. The van der Waals surface area contributed by atoms with E-state index in [4.69, 9.17) is 0 Å². The van der Waals surface area contributed by atoms with Crippen molar-refractivity contribution in [1.29, 1.82) is 0 Å². The van der Waals surface area contributed by atoms with Gasteiger partial charge in [0.25, 0.3) is 5.56 Å². The number of aryl methyl sites for hydroxylation is 3. The fraction of sp³-hybridized carbons (Fsp3) is 0.308. The number of rotatable bonds is 1. The second-order valence-corrected chi connectivity index (χ2v) is 6.69. The van der Waals surface area contributed by atoms with E-state index in [1.165, 1.54) is 21.8 Å².